The minimum Gasteiger partial charge on any atom is -0.505 e. The molecular formula is C32H33F3N8O6. The molecule has 1 spiro atoms. The van der Waals surface area contributed by atoms with Crippen LogP contribution in [0.25, 0.3) is 5.57 Å². The van der Waals surface area contributed by atoms with E-state index in [9.17, 15) is 37.8 Å². The maximum atomic E-state index is 14.5. The Morgan fingerprint density at radius 2 is 1.94 bits per heavy atom. The Bertz CT molecular complexity index is 1930. The molecule has 17 heteroatoms. The van der Waals surface area contributed by atoms with Gasteiger partial charge in [-0.25, -0.2) is 19.6 Å². The molecule has 6 N–H and O–H groups in total. The number of amides is 2. The Hall–Kier alpha value is -5.29. The molecule has 3 aromatic rings. The summed E-state index contributed by atoms with van der Waals surface area (Å²) in [7, 11) is 0. The van der Waals surface area contributed by atoms with Crippen LogP contribution in [0.2, 0.25) is 0 Å². The smallest absolute Gasteiger partial charge is 0.416 e. The van der Waals surface area contributed by atoms with Crippen LogP contribution in [0, 0.1) is 0 Å². The third-order valence-corrected chi connectivity index (χ3v) is 8.99. The maximum Gasteiger partial charge on any atom is 0.416 e. The Kier molecular flexibility index (Phi) is 9.13. The van der Waals surface area contributed by atoms with E-state index < -0.39 is 47.2 Å². The van der Waals surface area contributed by atoms with Gasteiger partial charge in [-0.2, -0.15) is 13.2 Å². The number of aromatic amines is 1. The summed E-state index contributed by atoms with van der Waals surface area (Å²) in [4.78, 5) is 55.4. The number of hydrogen-bond donors (Lipinski definition) is 5. The summed E-state index contributed by atoms with van der Waals surface area (Å²) in [6.07, 6.45) is -0.349. The average Bonchev–Trinajstić information content (AvgIpc) is 3.37. The summed E-state index contributed by atoms with van der Waals surface area (Å²) in [6.45, 7) is 0.384. The number of likely N-dealkylation sites (tertiary alicyclic amines) is 1. The van der Waals surface area contributed by atoms with Crippen molar-refractivity contribution in [2.45, 2.75) is 49.9 Å². The number of hydrogen-bond acceptors (Lipinski definition) is 10. The monoisotopic (exact) mass is 682 g/mol. The number of aromatic hydroxyl groups is 1. The number of piperidine rings is 1. The third-order valence-electron chi connectivity index (χ3n) is 8.99. The van der Waals surface area contributed by atoms with Gasteiger partial charge in [0.15, 0.2) is 5.69 Å². The van der Waals surface area contributed by atoms with Crippen LogP contribution in [0.4, 0.5) is 24.5 Å². The van der Waals surface area contributed by atoms with Gasteiger partial charge in [0.1, 0.15) is 24.4 Å². The molecule has 14 nitrogen and oxygen atoms in total. The number of anilines is 2. The van der Waals surface area contributed by atoms with E-state index in [-0.39, 0.29) is 78.9 Å². The highest BCUT2D eigenvalue weighted by molar-refractivity contribution is 5.95. The first-order valence-corrected chi connectivity index (χ1v) is 15.4. The number of carbonyl (C=O) groups is 2. The van der Waals surface area contributed by atoms with E-state index in [1.165, 1.54) is 29.6 Å². The second-order valence-electron chi connectivity index (χ2n) is 12.1. The number of aliphatic hydroxyl groups is 1. The molecule has 1 saturated heterocycles. The molecule has 0 radical (unpaired) electrons. The summed E-state index contributed by atoms with van der Waals surface area (Å²) in [6, 6.07) is 5.37. The van der Waals surface area contributed by atoms with Gasteiger partial charge >= 0.3 is 6.18 Å². The number of nitrogens with one attached hydrogen (secondary N) is 2. The van der Waals surface area contributed by atoms with Gasteiger partial charge in [-0.15, -0.1) is 0 Å². The van der Waals surface area contributed by atoms with E-state index in [1.807, 2.05) is 0 Å². The molecule has 1 aromatic carbocycles. The van der Waals surface area contributed by atoms with E-state index in [4.69, 9.17) is 10.5 Å². The second kappa shape index (κ2) is 13.3. The zero-order valence-electron chi connectivity index (χ0n) is 26.0. The largest absolute Gasteiger partial charge is 0.505 e. The fourth-order valence-corrected chi connectivity index (χ4v) is 6.48. The topological polar surface area (TPSA) is 202 Å². The lowest BCUT2D eigenvalue weighted by Gasteiger charge is -2.39. The molecule has 4 heterocycles. The molecule has 1 aliphatic carbocycles. The number of halogens is 3. The number of alkyl halides is 3. The van der Waals surface area contributed by atoms with Crippen molar-refractivity contribution < 1.29 is 37.7 Å². The van der Waals surface area contributed by atoms with E-state index in [2.05, 4.69) is 25.4 Å². The number of nitrogen functional groups attached to an aromatic ring is 1. The molecule has 258 valence electrons. The quantitative estimate of drug-likeness (QED) is 0.249. The third kappa shape index (κ3) is 6.84. The molecular weight excluding hydrogens is 649 g/mol. The number of aliphatic hydroxyl groups excluding tert-OH is 1. The number of ether oxygens (including phenoxy) is 1. The molecule has 1 atom stereocenters. The number of nitrogens with two attached hydrogens (primary N) is 1. The zero-order valence-corrected chi connectivity index (χ0v) is 26.0. The van der Waals surface area contributed by atoms with Crippen LogP contribution in [0.5, 0.6) is 5.75 Å². The van der Waals surface area contributed by atoms with Crippen molar-refractivity contribution in [1.82, 2.24) is 29.6 Å². The lowest BCUT2D eigenvalue weighted by Crippen LogP contribution is -2.47. The van der Waals surface area contributed by atoms with Crippen LogP contribution in [0.15, 0.2) is 53.7 Å². The van der Waals surface area contributed by atoms with Crippen LogP contribution < -0.4 is 16.6 Å². The molecule has 2 aliphatic heterocycles. The van der Waals surface area contributed by atoms with Gasteiger partial charge in [-0.3, -0.25) is 19.5 Å². The van der Waals surface area contributed by atoms with Crippen molar-refractivity contribution in [2.24, 2.45) is 0 Å². The fourth-order valence-electron chi connectivity index (χ4n) is 6.48. The SMILES string of the molecule is Nc1cc(C(F)(F)F)ccc1NC(=O)Cn1[nH]c(C2=CCOCC2)ncnc2c(c1=O)C1(CCN(C(=O)c3ncccc3O)CC1)CC2O. The number of aromatic nitrogens is 5. The van der Waals surface area contributed by atoms with Crippen LogP contribution in [-0.4, -0.2) is 78.0 Å². The number of H-pyrrole nitrogens is 1. The Morgan fingerprint density at radius 1 is 1.16 bits per heavy atom. The normalized spacial score (nSPS) is 18.4. The molecule has 2 amide bonds. The van der Waals surface area contributed by atoms with Crippen molar-refractivity contribution in [3.8, 4) is 5.75 Å². The highest BCUT2D eigenvalue weighted by Crippen LogP contribution is 2.48. The van der Waals surface area contributed by atoms with Crippen LogP contribution in [-0.2, 0) is 27.7 Å². The Morgan fingerprint density at radius 3 is 2.61 bits per heavy atom. The van der Waals surface area contributed by atoms with Gasteiger partial charge in [0.05, 0.1) is 41.9 Å². The molecule has 1 unspecified atom stereocenters. The van der Waals surface area contributed by atoms with E-state index in [0.29, 0.717) is 24.7 Å². The number of benzene rings is 1. The predicted octanol–water partition coefficient (Wildman–Crippen LogP) is 2.85. The highest BCUT2D eigenvalue weighted by Gasteiger charge is 2.48. The average molecular weight is 683 g/mol. The van der Waals surface area contributed by atoms with Gasteiger partial charge in [0, 0.05) is 30.3 Å². The van der Waals surface area contributed by atoms with Gasteiger partial charge in [0.2, 0.25) is 5.91 Å². The second-order valence-corrected chi connectivity index (χ2v) is 12.1. The summed E-state index contributed by atoms with van der Waals surface area (Å²) in [5.74, 6) is -1.31. The van der Waals surface area contributed by atoms with Crippen molar-refractivity contribution in [3.05, 3.63) is 87.6 Å². The Labute approximate surface area is 276 Å². The van der Waals surface area contributed by atoms with E-state index >= 15 is 0 Å². The predicted molar refractivity (Wildman–Crippen MR) is 168 cm³/mol. The minimum atomic E-state index is -4.64. The molecule has 1 fully saturated rings. The van der Waals surface area contributed by atoms with Gasteiger partial charge in [-0.05, 0) is 61.6 Å². The maximum absolute atomic E-state index is 14.5. The zero-order chi connectivity index (χ0) is 34.9. The fraction of sp³-hybridized carbons (Fsp3) is 0.375. The number of fused-ring (bicyclic) bond motifs is 2. The van der Waals surface area contributed by atoms with Crippen molar-refractivity contribution >= 4 is 28.8 Å². The molecule has 49 heavy (non-hydrogen) atoms. The summed E-state index contributed by atoms with van der Waals surface area (Å²) >= 11 is 0. The first-order chi connectivity index (χ1) is 23.4. The summed E-state index contributed by atoms with van der Waals surface area (Å²) < 4.78 is 45.9. The van der Waals surface area contributed by atoms with E-state index in [1.54, 1.807) is 6.08 Å². The summed E-state index contributed by atoms with van der Waals surface area (Å²) in [5, 5.41) is 26.8. The molecule has 3 aliphatic rings. The lowest BCUT2D eigenvalue weighted by molar-refractivity contribution is -0.137. The van der Waals surface area contributed by atoms with E-state index in [0.717, 1.165) is 16.8 Å². The van der Waals surface area contributed by atoms with Crippen LogP contribution >= 0.6 is 0 Å². The molecule has 0 saturated carbocycles. The number of nitrogens with zero attached hydrogens (tertiary/aromatic N) is 5. The minimum absolute atomic E-state index is 0.0808. The van der Waals surface area contributed by atoms with Crippen molar-refractivity contribution in [3.63, 3.8) is 0 Å². The highest BCUT2D eigenvalue weighted by atomic mass is 19.4. The van der Waals surface area contributed by atoms with Crippen molar-refractivity contribution in [1.29, 1.82) is 0 Å². The number of rotatable bonds is 5. The van der Waals surface area contributed by atoms with Crippen molar-refractivity contribution in [2.75, 3.05) is 37.4 Å². The molecule has 0 bridgehead atoms. The van der Waals surface area contributed by atoms with Crippen LogP contribution in [0.3, 0.4) is 0 Å². The first kappa shape index (κ1) is 33.6. The Balaban J connectivity index is 1.38. The van der Waals surface area contributed by atoms with Gasteiger partial charge < -0.3 is 30.9 Å². The van der Waals surface area contributed by atoms with Gasteiger partial charge in [-0.1, -0.05) is 6.08 Å². The van der Waals surface area contributed by atoms with Crippen LogP contribution in [0.1, 0.15) is 64.9 Å². The molecule has 6 rings (SSSR count). The lowest BCUT2D eigenvalue weighted by atomic mass is 9.74. The molecule has 2 aromatic heterocycles. The first-order valence-electron chi connectivity index (χ1n) is 15.4. The number of pyridine rings is 1. The number of carbonyl (C=O) groups excluding carboxylic acids is 2. The standard InChI is InChI=1S/C32H33F3N8O6/c33-32(34,35)19-3-4-21(20(36)14-19)40-24(46)16-43-29(47)25-26(38-17-39-28(41-43)18-5-12-49-13-6-18)23(45)15-31(25)7-10-42(11-8-31)30(48)27-22(44)2-1-9-37-27/h1-5,9,14,17,23,44-45H,6-8,10-13,15-16,36H2,(H,40,46)(H,38,39,41). The summed E-state index contributed by atoms with van der Waals surface area (Å²) in [5.41, 5.74) is 3.63. The van der Waals surface area contributed by atoms with Gasteiger partial charge in [0.25, 0.3) is 11.5 Å².